The Kier molecular flexibility index (Phi) is 4.09. The van der Waals surface area contributed by atoms with Crippen LogP contribution in [0, 0.1) is 0 Å². The van der Waals surface area contributed by atoms with Crippen LogP contribution < -0.4 is 5.73 Å². The van der Waals surface area contributed by atoms with E-state index < -0.39 is 0 Å². The molecule has 0 unspecified atom stereocenters. The maximum atomic E-state index is 6.05. The molecule has 1 aromatic heterocycles. The molecule has 18 heavy (non-hydrogen) atoms. The number of hydrogen-bond donors (Lipinski definition) is 1. The highest BCUT2D eigenvalue weighted by Gasteiger charge is 2.12. The van der Waals surface area contributed by atoms with Crippen LogP contribution in [-0.2, 0) is 6.42 Å². The number of nitrogen functional groups attached to an aromatic ring is 1. The quantitative estimate of drug-likeness (QED) is 0.688. The monoisotopic (exact) mass is 279 g/mol. The third-order valence-corrected chi connectivity index (χ3v) is 3.44. The fourth-order valence-corrected chi connectivity index (χ4v) is 2.30. The van der Waals surface area contributed by atoms with Crippen LogP contribution in [0.25, 0.3) is 11.1 Å². The Bertz CT molecular complexity index is 555. The van der Waals surface area contributed by atoms with Gasteiger partial charge in [-0.25, -0.2) is 9.97 Å². The molecule has 2 aromatic rings. The number of halogens is 1. The van der Waals surface area contributed by atoms with Crippen molar-refractivity contribution in [2.45, 2.75) is 18.5 Å². The number of nitrogens with two attached hydrogens (primary N) is 1. The number of anilines is 1. The van der Waals surface area contributed by atoms with Crippen molar-refractivity contribution in [2.24, 2.45) is 0 Å². The van der Waals surface area contributed by atoms with Gasteiger partial charge < -0.3 is 5.73 Å². The molecule has 1 aromatic carbocycles. The summed E-state index contributed by atoms with van der Waals surface area (Å²) in [5.41, 5.74) is 8.92. The first-order chi connectivity index (χ1) is 8.65. The molecule has 0 saturated carbocycles. The molecule has 2 N–H and O–H groups in total. The van der Waals surface area contributed by atoms with Gasteiger partial charge in [0.05, 0.1) is 5.69 Å². The Balaban J connectivity index is 2.59. The van der Waals surface area contributed by atoms with Crippen molar-refractivity contribution in [3.63, 3.8) is 0 Å². The Morgan fingerprint density at radius 1 is 1.22 bits per heavy atom. The summed E-state index contributed by atoms with van der Waals surface area (Å²) in [4.78, 5) is 8.80. The van der Waals surface area contributed by atoms with E-state index in [1.807, 2.05) is 30.5 Å². The van der Waals surface area contributed by atoms with Gasteiger partial charge in [0, 0.05) is 10.6 Å². The average molecular weight is 280 g/mol. The van der Waals surface area contributed by atoms with E-state index in [1.165, 1.54) is 11.8 Å². The second-order valence-corrected chi connectivity index (χ2v) is 4.99. The largest absolute Gasteiger partial charge is 0.383 e. The Labute approximate surface area is 116 Å². The van der Waals surface area contributed by atoms with E-state index in [0.29, 0.717) is 16.0 Å². The Hall–Kier alpha value is -1.26. The normalized spacial score (nSPS) is 10.6. The van der Waals surface area contributed by atoms with Crippen molar-refractivity contribution in [1.82, 2.24) is 9.97 Å². The SMILES string of the molecule is CCc1nc(SC)nc(N)c1-c1ccc(Cl)cc1. The molecule has 5 heteroatoms. The van der Waals surface area contributed by atoms with Crippen LogP contribution in [0.4, 0.5) is 5.82 Å². The molecule has 2 rings (SSSR count). The van der Waals surface area contributed by atoms with Crippen LogP contribution in [0.1, 0.15) is 12.6 Å². The third kappa shape index (κ3) is 2.60. The number of rotatable bonds is 3. The summed E-state index contributed by atoms with van der Waals surface area (Å²) in [6.07, 6.45) is 2.76. The molecular formula is C13H14ClN3S. The minimum absolute atomic E-state index is 0.522. The number of aryl methyl sites for hydroxylation is 1. The fourth-order valence-electron chi connectivity index (χ4n) is 1.78. The van der Waals surface area contributed by atoms with Crippen LogP contribution in [0.2, 0.25) is 5.02 Å². The van der Waals surface area contributed by atoms with Gasteiger partial charge in [0.25, 0.3) is 0 Å². The molecule has 0 saturated heterocycles. The zero-order chi connectivity index (χ0) is 13.1. The van der Waals surface area contributed by atoms with Gasteiger partial charge in [-0.05, 0) is 30.4 Å². The molecule has 3 nitrogen and oxygen atoms in total. The van der Waals surface area contributed by atoms with E-state index in [2.05, 4.69) is 16.9 Å². The molecule has 0 atom stereocenters. The lowest BCUT2D eigenvalue weighted by Gasteiger charge is -2.11. The van der Waals surface area contributed by atoms with E-state index in [9.17, 15) is 0 Å². The predicted molar refractivity (Wildman–Crippen MR) is 78.0 cm³/mol. The highest BCUT2D eigenvalue weighted by molar-refractivity contribution is 7.98. The summed E-state index contributed by atoms with van der Waals surface area (Å²) in [5, 5.41) is 1.42. The first-order valence-corrected chi connectivity index (χ1v) is 7.22. The minimum Gasteiger partial charge on any atom is -0.383 e. The van der Waals surface area contributed by atoms with E-state index in [4.69, 9.17) is 17.3 Å². The molecule has 0 aliphatic heterocycles. The lowest BCUT2D eigenvalue weighted by atomic mass is 10.0. The molecule has 0 bridgehead atoms. The van der Waals surface area contributed by atoms with Gasteiger partial charge in [-0.15, -0.1) is 0 Å². The van der Waals surface area contributed by atoms with Gasteiger partial charge in [0.1, 0.15) is 5.82 Å². The van der Waals surface area contributed by atoms with E-state index >= 15 is 0 Å². The third-order valence-electron chi connectivity index (χ3n) is 2.64. The molecule has 0 amide bonds. The number of aromatic nitrogens is 2. The standard InChI is InChI=1S/C13H14ClN3S/c1-3-10-11(8-4-6-9(14)7-5-8)12(15)17-13(16-10)18-2/h4-7H,3H2,1-2H3,(H2,15,16,17). The highest BCUT2D eigenvalue weighted by atomic mass is 35.5. The van der Waals surface area contributed by atoms with E-state index in [0.717, 1.165) is 23.2 Å². The Morgan fingerprint density at radius 2 is 1.89 bits per heavy atom. The van der Waals surface area contributed by atoms with Gasteiger partial charge >= 0.3 is 0 Å². The molecule has 0 radical (unpaired) electrons. The Morgan fingerprint density at radius 3 is 2.44 bits per heavy atom. The van der Waals surface area contributed by atoms with E-state index in [1.54, 1.807) is 0 Å². The summed E-state index contributed by atoms with van der Waals surface area (Å²) in [5.74, 6) is 0.522. The van der Waals surface area contributed by atoms with Crippen molar-refractivity contribution in [3.8, 4) is 11.1 Å². The second-order valence-electron chi connectivity index (χ2n) is 3.78. The lowest BCUT2D eigenvalue weighted by molar-refractivity contribution is 0.902. The van der Waals surface area contributed by atoms with Crippen molar-refractivity contribution in [2.75, 3.05) is 12.0 Å². The van der Waals surface area contributed by atoms with Gasteiger partial charge in [-0.2, -0.15) is 0 Å². The molecule has 0 aliphatic carbocycles. The van der Waals surface area contributed by atoms with Gasteiger partial charge in [-0.1, -0.05) is 42.4 Å². The van der Waals surface area contributed by atoms with Crippen LogP contribution in [0.3, 0.4) is 0 Å². The maximum Gasteiger partial charge on any atom is 0.189 e. The van der Waals surface area contributed by atoms with Crippen molar-refractivity contribution in [1.29, 1.82) is 0 Å². The number of nitrogens with zero attached hydrogens (tertiary/aromatic N) is 2. The molecular weight excluding hydrogens is 266 g/mol. The van der Waals surface area contributed by atoms with Crippen LogP contribution in [-0.4, -0.2) is 16.2 Å². The van der Waals surface area contributed by atoms with Gasteiger partial charge in [0.2, 0.25) is 0 Å². The van der Waals surface area contributed by atoms with Crippen molar-refractivity contribution < 1.29 is 0 Å². The topological polar surface area (TPSA) is 51.8 Å². The summed E-state index contributed by atoms with van der Waals surface area (Å²) in [6.45, 7) is 2.06. The van der Waals surface area contributed by atoms with Gasteiger partial charge in [0.15, 0.2) is 5.16 Å². The highest BCUT2D eigenvalue weighted by Crippen LogP contribution is 2.30. The number of hydrogen-bond acceptors (Lipinski definition) is 4. The van der Waals surface area contributed by atoms with Crippen LogP contribution in [0.15, 0.2) is 29.4 Å². The second kappa shape index (κ2) is 5.59. The van der Waals surface area contributed by atoms with Crippen LogP contribution >= 0.6 is 23.4 Å². The molecule has 1 heterocycles. The summed E-state index contributed by atoms with van der Waals surface area (Å²) in [7, 11) is 0. The predicted octanol–water partition coefficient (Wildman–Crippen LogP) is 3.66. The first-order valence-electron chi connectivity index (χ1n) is 5.62. The molecule has 0 spiro atoms. The maximum absolute atomic E-state index is 6.05. The zero-order valence-electron chi connectivity index (χ0n) is 10.3. The summed E-state index contributed by atoms with van der Waals surface area (Å²) in [6, 6.07) is 7.57. The summed E-state index contributed by atoms with van der Waals surface area (Å²) >= 11 is 7.39. The first kappa shape index (κ1) is 13.2. The molecule has 0 fully saturated rings. The van der Waals surface area contributed by atoms with Crippen molar-refractivity contribution >= 4 is 29.2 Å². The minimum atomic E-state index is 0.522. The van der Waals surface area contributed by atoms with Crippen molar-refractivity contribution in [3.05, 3.63) is 35.0 Å². The number of benzene rings is 1. The number of thioether (sulfide) groups is 1. The smallest absolute Gasteiger partial charge is 0.189 e. The van der Waals surface area contributed by atoms with E-state index in [-0.39, 0.29) is 0 Å². The molecule has 94 valence electrons. The average Bonchev–Trinajstić information content (AvgIpc) is 2.39. The molecule has 0 aliphatic rings. The fraction of sp³-hybridized carbons (Fsp3) is 0.231. The summed E-state index contributed by atoms with van der Waals surface area (Å²) < 4.78 is 0. The zero-order valence-corrected chi connectivity index (χ0v) is 11.8. The lowest BCUT2D eigenvalue weighted by Crippen LogP contribution is -2.03. The van der Waals surface area contributed by atoms with Crippen LogP contribution in [0.5, 0.6) is 0 Å². The van der Waals surface area contributed by atoms with Gasteiger partial charge in [-0.3, -0.25) is 0 Å².